The van der Waals surface area contributed by atoms with Gasteiger partial charge in [-0.1, -0.05) is 17.9 Å². The van der Waals surface area contributed by atoms with Crippen molar-refractivity contribution in [1.82, 2.24) is 29.6 Å². The predicted molar refractivity (Wildman–Crippen MR) is 128 cm³/mol. The molecule has 12 nitrogen and oxygen atoms in total. The molecule has 1 saturated heterocycles. The zero-order valence-corrected chi connectivity index (χ0v) is 19.3. The molecule has 1 atom stereocenters. The number of fused-ring (bicyclic) bond motifs is 1. The van der Waals surface area contributed by atoms with Crippen LogP contribution in [0.25, 0.3) is 22.4 Å². The van der Waals surface area contributed by atoms with Crippen LogP contribution in [0.5, 0.6) is 0 Å². The largest absolute Gasteiger partial charge is 0.337 e. The van der Waals surface area contributed by atoms with E-state index in [1.165, 1.54) is 42.7 Å². The number of carbonyl (C=O) groups excluding carboxylic acids is 2. The Balaban J connectivity index is 1.56. The van der Waals surface area contributed by atoms with Gasteiger partial charge in [-0.3, -0.25) is 19.7 Å². The van der Waals surface area contributed by atoms with Crippen molar-refractivity contribution < 1.29 is 18.9 Å². The third-order valence-corrected chi connectivity index (χ3v) is 6.70. The van der Waals surface area contributed by atoms with Gasteiger partial charge in [-0.2, -0.15) is 9.49 Å². The normalized spacial score (nSPS) is 15.2. The number of aromatic nitrogens is 5. The number of amides is 2. The van der Waals surface area contributed by atoms with Crippen molar-refractivity contribution in [1.29, 1.82) is 0 Å². The van der Waals surface area contributed by atoms with Crippen LogP contribution in [0.15, 0.2) is 49.3 Å². The molecule has 1 unspecified atom stereocenters. The van der Waals surface area contributed by atoms with E-state index in [-0.39, 0.29) is 33.5 Å². The van der Waals surface area contributed by atoms with Gasteiger partial charge in [-0.15, -0.1) is 0 Å². The molecule has 1 aliphatic heterocycles. The summed E-state index contributed by atoms with van der Waals surface area (Å²) in [6, 6.07) is 5.05. The lowest BCUT2D eigenvalue weighted by atomic mass is 10.2. The van der Waals surface area contributed by atoms with E-state index in [2.05, 4.69) is 31.9 Å². The summed E-state index contributed by atoms with van der Waals surface area (Å²) in [5.74, 6) is -1.15. The van der Waals surface area contributed by atoms with Gasteiger partial charge in [-0.05, 0) is 30.7 Å². The lowest BCUT2D eigenvalue weighted by Gasteiger charge is -2.15. The van der Waals surface area contributed by atoms with E-state index < -0.39 is 16.8 Å². The van der Waals surface area contributed by atoms with Gasteiger partial charge in [0.2, 0.25) is 11.9 Å². The van der Waals surface area contributed by atoms with E-state index in [4.69, 9.17) is 0 Å². The number of likely N-dealkylation sites (tertiary alicyclic amines) is 1. The van der Waals surface area contributed by atoms with Crippen LogP contribution in [0.4, 0.5) is 15.2 Å². The molecular formula is C22H17FN8O4S. The molecule has 4 aromatic rings. The van der Waals surface area contributed by atoms with Crippen molar-refractivity contribution in [3.05, 3.63) is 70.3 Å². The molecule has 1 N–H and O–H groups in total. The summed E-state index contributed by atoms with van der Waals surface area (Å²) in [6.45, 7) is 4.45. The molecule has 0 bridgehead atoms. The molecule has 0 aliphatic carbocycles. The number of anilines is 1. The van der Waals surface area contributed by atoms with Crippen LogP contribution in [-0.4, -0.2) is 59.5 Å². The maximum Gasteiger partial charge on any atom is 0.324 e. The average Bonchev–Trinajstić information content (AvgIpc) is 3.63. The number of rotatable bonds is 6. The van der Waals surface area contributed by atoms with Crippen LogP contribution >= 0.6 is 11.3 Å². The van der Waals surface area contributed by atoms with Crippen LogP contribution in [0, 0.1) is 16.1 Å². The summed E-state index contributed by atoms with van der Waals surface area (Å²) < 4.78 is 15.1. The summed E-state index contributed by atoms with van der Waals surface area (Å²) in [6.07, 6.45) is 4.67. The Kier molecular flexibility index (Phi) is 5.93. The zero-order chi connectivity index (χ0) is 25.4. The number of thiophene rings is 1. The maximum atomic E-state index is 13.4. The van der Waals surface area contributed by atoms with E-state index in [1.807, 2.05) is 0 Å². The highest BCUT2D eigenvalue weighted by atomic mass is 32.1. The Hall–Kier alpha value is -4.59. The van der Waals surface area contributed by atoms with Gasteiger partial charge >= 0.3 is 5.00 Å². The number of nitrogens with zero attached hydrogens (tertiary/aromatic N) is 7. The molecule has 14 heteroatoms. The fraction of sp³-hybridized carbons (Fsp3) is 0.182. The number of nitrogens with one attached hydrogen (secondary N) is 1. The molecule has 2 amide bonds. The zero-order valence-electron chi connectivity index (χ0n) is 18.5. The third kappa shape index (κ3) is 4.29. The van der Waals surface area contributed by atoms with E-state index in [0.717, 1.165) is 11.3 Å². The molecule has 4 aromatic heterocycles. The van der Waals surface area contributed by atoms with Crippen molar-refractivity contribution >= 4 is 45.0 Å². The summed E-state index contributed by atoms with van der Waals surface area (Å²) >= 11 is 0.734. The highest BCUT2D eigenvalue weighted by Gasteiger charge is 2.29. The molecule has 1 fully saturated rings. The minimum atomic E-state index is -0.671. The molecule has 0 spiro atoms. The van der Waals surface area contributed by atoms with Gasteiger partial charge in [0.25, 0.3) is 5.91 Å². The number of halogens is 1. The van der Waals surface area contributed by atoms with Crippen molar-refractivity contribution in [2.45, 2.75) is 12.5 Å². The quantitative estimate of drug-likeness (QED) is 0.181. The van der Waals surface area contributed by atoms with Crippen LogP contribution in [0.2, 0.25) is 0 Å². The van der Waals surface area contributed by atoms with E-state index in [0.29, 0.717) is 36.1 Å². The lowest BCUT2D eigenvalue weighted by molar-refractivity contribution is -0.380. The number of hydrogen-bond acceptors (Lipinski definition) is 9. The van der Waals surface area contributed by atoms with Crippen molar-refractivity contribution in [3.63, 3.8) is 0 Å². The first-order valence-electron chi connectivity index (χ1n) is 10.7. The monoisotopic (exact) mass is 508 g/mol. The first-order chi connectivity index (χ1) is 17.3. The molecule has 5 heterocycles. The smallest absolute Gasteiger partial charge is 0.324 e. The average molecular weight is 508 g/mol. The summed E-state index contributed by atoms with van der Waals surface area (Å²) in [5, 5.41) is 18.4. The van der Waals surface area contributed by atoms with Gasteiger partial charge < -0.3 is 10.2 Å². The van der Waals surface area contributed by atoms with Crippen LogP contribution < -0.4 is 5.32 Å². The van der Waals surface area contributed by atoms with E-state index in [1.54, 1.807) is 9.58 Å². The summed E-state index contributed by atoms with van der Waals surface area (Å²) in [5.41, 5.74) is 0.804. The first-order valence-corrected chi connectivity index (χ1v) is 11.5. The Morgan fingerprint density at radius 3 is 2.78 bits per heavy atom. The fourth-order valence-corrected chi connectivity index (χ4v) is 4.63. The van der Waals surface area contributed by atoms with Crippen molar-refractivity contribution in [3.8, 4) is 11.4 Å². The Morgan fingerprint density at radius 2 is 2.08 bits per heavy atom. The molecule has 1 aliphatic rings. The van der Waals surface area contributed by atoms with Crippen LogP contribution in [0.3, 0.4) is 0 Å². The highest BCUT2D eigenvalue weighted by Crippen LogP contribution is 2.31. The standard InChI is InChI=1S/C22H17FN8O4S/c1-2-17(32)29-8-7-13(11-29)30-21-14(10-25-30)20(26-19(27-21)12-3-5-16(23)24-9-12)28-22(33)15-4-6-18(36-15)31(34)35/h2-6,9-10,13H,1,7-8,11H2,(H,26,27,28,33). The number of carbonyl (C=O) groups is 2. The number of nitro groups is 1. The SMILES string of the molecule is C=CC(=O)N1CCC(n2ncc3c(NC(=O)c4ccc([N+](=O)[O-])s4)nc(-c4ccc(F)nc4)nc32)C1. The number of pyridine rings is 1. The molecule has 0 aromatic carbocycles. The first kappa shape index (κ1) is 23.2. The van der Waals surface area contributed by atoms with Crippen molar-refractivity contribution in [2.24, 2.45) is 0 Å². The summed E-state index contributed by atoms with van der Waals surface area (Å²) in [7, 11) is 0. The number of hydrogen-bond donors (Lipinski definition) is 1. The molecule has 5 rings (SSSR count). The second kappa shape index (κ2) is 9.22. The fourth-order valence-electron chi connectivity index (χ4n) is 3.91. The van der Waals surface area contributed by atoms with Gasteiger partial charge in [0.05, 0.1) is 27.4 Å². The maximum absolute atomic E-state index is 13.4. The van der Waals surface area contributed by atoms with E-state index >= 15 is 0 Å². The Labute approximate surface area is 206 Å². The lowest BCUT2D eigenvalue weighted by Crippen LogP contribution is -2.27. The molecule has 182 valence electrons. The summed E-state index contributed by atoms with van der Waals surface area (Å²) in [4.78, 5) is 49.8. The van der Waals surface area contributed by atoms with Crippen molar-refractivity contribution in [2.75, 3.05) is 18.4 Å². The van der Waals surface area contributed by atoms with E-state index in [9.17, 15) is 24.1 Å². The Bertz CT molecular complexity index is 1520. The topological polar surface area (TPSA) is 149 Å². The highest BCUT2D eigenvalue weighted by molar-refractivity contribution is 7.17. The second-order valence-corrected chi connectivity index (χ2v) is 8.93. The minimum Gasteiger partial charge on any atom is -0.337 e. The third-order valence-electron chi connectivity index (χ3n) is 5.66. The minimum absolute atomic E-state index is 0.125. The van der Waals surface area contributed by atoms with Crippen LogP contribution in [-0.2, 0) is 4.79 Å². The van der Waals surface area contributed by atoms with Gasteiger partial charge in [0.15, 0.2) is 11.5 Å². The van der Waals surface area contributed by atoms with Gasteiger partial charge in [-0.25, -0.2) is 19.6 Å². The van der Waals surface area contributed by atoms with Gasteiger partial charge in [0.1, 0.15) is 5.82 Å². The predicted octanol–water partition coefficient (Wildman–Crippen LogP) is 3.21. The Morgan fingerprint density at radius 1 is 1.25 bits per heavy atom. The second-order valence-electron chi connectivity index (χ2n) is 7.87. The molecule has 36 heavy (non-hydrogen) atoms. The molecule has 0 saturated carbocycles. The van der Waals surface area contributed by atoms with Crippen LogP contribution in [0.1, 0.15) is 22.1 Å². The molecular weight excluding hydrogens is 491 g/mol. The van der Waals surface area contributed by atoms with Gasteiger partial charge in [0, 0.05) is 30.9 Å². The molecule has 0 radical (unpaired) electrons.